The molecule has 32 heavy (non-hydrogen) atoms. The monoisotopic (exact) mass is 478 g/mol. The lowest BCUT2D eigenvalue weighted by molar-refractivity contribution is 0.102. The van der Waals surface area contributed by atoms with Crippen LogP contribution in [0.1, 0.15) is 44.8 Å². The van der Waals surface area contributed by atoms with Crippen molar-refractivity contribution in [3.05, 3.63) is 69.2 Å². The number of carbonyl (C=O) groups excluding carboxylic acids is 1. The molecule has 1 fully saturated rings. The number of hydrogen-bond acceptors (Lipinski definition) is 6. The minimum atomic E-state index is -3.76. The molecule has 168 valence electrons. The largest absolute Gasteiger partial charge is 0.317 e. The molecule has 1 saturated heterocycles. The summed E-state index contributed by atoms with van der Waals surface area (Å²) < 4.78 is 54.9. The van der Waals surface area contributed by atoms with Gasteiger partial charge in [0.2, 0.25) is 15.0 Å². The highest BCUT2D eigenvalue weighted by atomic mass is 32.2. The van der Waals surface area contributed by atoms with E-state index in [0.29, 0.717) is 30.5 Å². The topological polar surface area (TPSA) is 92.3 Å². The second-order valence-corrected chi connectivity index (χ2v) is 10.5. The van der Waals surface area contributed by atoms with Gasteiger partial charge in [0.05, 0.1) is 16.6 Å². The van der Waals surface area contributed by atoms with Crippen LogP contribution in [0.5, 0.6) is 0 Å². The van der Waals surface area contributed by atoms with Crippen LogP contribution in [0, 0.1) is 25.5 Å². The number of rotatable bonds is 5. The number of benzene rings is 2. The number of aromatic nitrogens is 2. The first kappa shape index (κ1) is 22.4. The van der Waals surface area contributed by atoms with E-state index in [2.05, 4.69) is 15.5 Å². The van der Waals surface area contributed by atoms with Crippen LogP contribution in [0.25, 0.3) is 0 Å². The number of hydrogen-bond donors (Lipinski definition) is 1. The summed E-state index contributed by atoms with van der Waals surface area (Å²) in [7, 11) is -3.76. The van der Waals surface area contributed by atoms with Crippen molar-refractivity contribution in [2.75, 3.05) is 11.9 Å². The highest BCUT2D eigenvalue weighted by Crippen LogP contribution is 2.38. The molecule has 7 nitrogen and oxygen atoms in total. The van der Waals surface area contributed by atoms with Gasteiger partial charge in [-0.15, -0.1) is 10.2 Å². The second kappa shape index (κ2) is 8.64. The Balaban J connectivity index is 1.57. The summed E-state index contributed by atoms with van der Waals surface area (Å²) in [5, 5.41) is 10.6. The summed E-state index contributed by atoms with van der Waals surface area (Å²) in [6.45, 7) is 4.02. The highest BCUT2D eigenvalue weighted by Gasteiger charge is 2.38. The standard InChI is InChI=1S/C21H20F2N4O3S2/c1-12-8-13(2)10-15(9-12)32(29,30)27-7-3-4-18(27)20-25-26-21(31-20)19(28)24-17-6-5-14(22)11-16(17)23/h5-6,8-11,18H,3-4,7H2,1-2H3,(H,24,28). The summed E-state index contributed by atoms with van der Waals surface area (Å²) >= 11 is 0.951. The van der Waals surface area contributed by atoms with E-state index in [4.69, 9.17) is 0 Å². The van der Waals surface area contributed by atoms with Crippen LogP contribution in [-0.4, -0.2) is 35.4 Å². The first-order chi connectivity index (χ1) is 15.1. The van der Waals surface area contributed by atoms with Crippen LogP contribution in [0.4, 0.5) is 14.5 Å². The van der Waals surface area contributed by atoms with Crippen LogP contribution in [-0.2, 0) is 10.0 Å². The Labute approximate surface area is 188 Å². The van der Waals surface area contributed by atoms with Crippen LogP contribution in [0.2, 0.25) is 0 Å². The lowest BCUT2D eigenvalue weighted by Gasteiger charge is -2.22. The van der Waals surface area contributed by atoms with Gasteiger partial charge in [-0.25, -0.2) is 17.2 Å². The zero-order chi connectivity index (χ0) is 23.0. The molecular formula is C21H20F2N4O3S2. The molecule has 0 bridgehead atoms. The molecule has 0 spiro atoms. The van der Waals surface area contributed by atoms with Gasteiger partial charge in [0, 0.05) is 12.6 Å². The van der Waals surface area contributed by atoms with Crippen molar-refractivity contribution in [2.45, 2.75) is 37.6 Å². The third kappa shape index (κ3) is 4.41. The van der Waals surface area contributed by atoms with Gasteiger partial charge in [0.1, 0.15) is 16.6 Å². The fourth-order valence-corrected chi connectivity index (χ4v) is 6.52. The van der Waals surface area contributed by atoms with E-state index < -0.39 is 33.6 Å². The maximum absolute atomic E-state index is 13.8. The number of halogens is 2. The predicted molar refractivity (Wildman–Crippen MR) is 116 cm³/mol. The lowest BCUT2D eigenvalue weighted by atomic mass is 10.2. The highest BCUT2D eigenvalue weighted by molar-refractivity contribution is 7.89. The van der Waals surface area contributed by atoms with Crippen molar-refractivity contribution in [2.24, 2.45) is 0 Å². The van der Waals surface area contributed by atoms with Gasteiger partial charge in [-0.05, 0) is 62.1 Å². The Morgan fingerprint density at radius 3 is 2.53 bits per heavy atom. The van der Waals surface area contributed by atoms with E-state index in [-0.39, 0.29) is 15.6 Å². The molecule has 0 radical (unpaired) electrons. The van der Waals surface area contributed by atoms with Gasteiger partial charge in [-0.2, -0.15) is 4.31 Å². The van der Waals surface area contributed by atoms with Crippen LogP contribution >= 0.6 is 11.3 Å². The number of amides is 1. The van der Waals surface area contributed by atoms with E-state index >= 15 is 0 Å². The summed E-state index contributed by atoms with van der Waals surface area (Å²) in [6.07, 6.45) is 1.20. The fourth-order valence-electron chi connectivity index (χ4n) is 3.72. The molecule has 0 saturated carbocycles. The molecule has 1 atom stereocenters. The normalized spacial score (nSPS) is 16.9. The summed E-state index contributed by atoms with van der Waals surface area (Å²) in [4.78, 5) is 12.7. The molecule has 1 aromatic heterocycles. The Morgan fingerprint density at radius 2 is 1.84 bits per heavy atom. The number of nitrogens with one attached hydrogen (secondary N) is 1. The third-order valence-electron chi connectivity index (χ3n) is 5.10. The molecule has 1 aliphatic heterocycles. The van der Waals surface area contributed by atoms with Crippen molar-refractivity contribution >= 4 is 33.0 Å². The van der Waals surface area contributed by atoms with Gasteiger partial charge in [-0.3, -0.25) is 4.79 Å². The summed E-state index contributed by atoms with van der Waals surface area (Å²) in [5.74, 6) is -2.38. The quantitative estimate of drug-likeness (QED) is 0.593. The van der Waals surface area contributed by atoms with Crippen molar-refractivity contribution in [1.29, 1.82) is 0 Å². The molecule has 1 N–H and O–H groups in total. The predicted octanol–water partition coefficient (Wildman–Crippen LogP) is 4.21. The molecule has 2 heterocycles. The van der Waals surface area contributed by atoms with E-state index in [9.17, 15) is 22.0 Å². The van der Waals surface area contributed by atoms with Gasteiger partial charge in [0.25, 0.3) is 5.91 Å². The average Bonchev–Trinajstić information content (AvgIpc) is 3.38. The van der Waals surface area contributed by atoms with Gasteiger partial charge < -0.3 is 5.32 Å². The van der Waals surface area contributed by atoms with Crippen molar-refractivity contribution in [3.8, 4) is 0 Å². The van der Waals surface area contributed by atoms with E-state index in [1.807, 2.05) is 19.9 Å². The van der Waals surface area contributed by atoms with Crippen LogP contribution < -0.4 is 5.32 Å². The minimum absolute atomic E-state index is 0.0422. The average molecular weight is 479 g/mol. The maximum Gasteiger partial charge on any atom is 0.286 e. The van der Waals surface area contributed by atoms with Crippen molar-refractivity contribution in [3.63, 3.8) is 0 Å². The molecule has 0 aliphatic carbocycles. The SMILES string of the molecule is Cc1cc(C)cc(S(=O)(=O)N2CCCC2c2nnc(C(=O)Nc3ccc(F)cc3F)s2)c1. The van der Waals surface area contributed by atoms with E-state index in [1.54, 1.807) is 12.1 Å². The Hall–Kier alpha value is -2.76. The smallest absolute Gasteiger partial charge is 0.286 e. The zero-order valence-electron chi connectivity index (χ0n) is 17.3. The number of nitrogens with zero attached hydrogens (tertiary/aromatic N) is 3. The molecule has 1 amide bonds. The van der Waals surface area contributed by atoms with Crippen molar-refractivity contribution < 1.29 is 22.0 Å². The fraction of sp³-hybridized carbons (Fsp3) is 0.286. The molecule has 3 aromatic rings. The maximum atomic E-state index is 13.8. The first-order valence-corrected chi connectivity index (χ1v) is 12.1. The van der Waals surface area contributed by atoms with Crippen LogP contribution in [0.3, 0.4) is 0 Å². The Morgan fingerprint density at radius 1 is 1.12 bits per heavy atom. The van der Waals surface area contributed by atoms with Gasteiger partial charge in [0.15, 0.2) is 0 Å². The Kier molecular flexibility index (Phi) is 6.06. The Bertz CT molecular complexity index is 1270. The van der Waals surface area contributed by atoms with E-state index in [0.717, 1.165) is 34.6 Å². The number of anilines is 1. The summed E-state index contributed by atoms with van der Waals surface area (Å²) in [6, 6.07) is 7.43. The molecule has 4 rings (SSSR count). The van der Waals surface area contributed by atoms with E-state index in [1.165, 1.54) is 4.31 Å². The first-order valence-electron chi connectivity index (χ1n) is 9.85. The second-order valence-electron chi connectivity index (χ2n) is 7.62. The lowest BCUT2D eigenvalue weighted by Crippen LogP contribution is -2.30. The third-order valence-corrected chi connectivity index (χ3v) is 8.01. The number of aryl methyl sites for hydroxylation is 2. The molecule has 1 unspecified atom stereocenters. The van der Waals surface area contributed by atoms with Gasteiger partial charge in [-0.1, -0.05) is 17.4 Å². The molecular weight excluding hydrogens is 458 g/mol. The number of carbonyl (C=O) groups is 1. The molecule has 2 aromatic carbocycles. The van der Waals surface area contributed by atoms with Crippen LogP contribution in [0.15, 0.2) is 41.3 Å². The zero-order valence-corrected chi connectivity index (χ0v) is 18.9. The number of sulfonamides is 1. The molecule has 11 heteroatoms. The summed E-state index contributed by atoms with van der Waals surface area (Å²) in [5.41, 5.74) is 1.51. The minimum Gasteiger partial charge on any atom is -0.317 e. The van der Waals surface area contributed by atoms with Crippen molar-refractivity contribution in [1.82, 2.24) is 14.5 Å². The van der Waals surface area contributed by atoms with Gasteiger partial charge >= 0.3 is 0 Å². The molecule has 1 aliphatic rings.